The number of rotatable bonds is 4. The molecule has 0 bridgehead atoms. The van der Waals surface area contributed by atoms with Gasteiger partial charge in [0.15, 0.2) is 0 Å². The molecule has 5 heteroatoms. The van der Waals surface area contributed by atoms with Crippen molar-refractivity contribution in [3.8, 4) is 0 Å². The summed E-state index contributed by atoms with van der Waals surface area (Å²) in [5.74, 6) is -0.844. The van der Waals surface area contributed by atoms with Crippen molar-refractivity contribution in [3.05, 3.63) is 35.4 Å². The van der Waals surface area contributed by atoms with Crippen molar-refractivity contribution < 1.29 is 14.3 Å². The van der Waals surface area contributed by atoms with Gasteiger partial charge in [-0.2, -0.15) is 0 Å². The van der Waals surface area contributed by atoms with Crippen molar-refractivity contribution in [1.29, 1.82) is 0 Å². The average Bonchev–Trinajstić information content (AvgIpc) is 2.50. The van der Waals surface area contributed by atoms with Crippen molar-refractivity contribution >= 4 is 11.9 Å². The fraction of sp³-hybridized carbons (Fsp3) is 0.500. The molecule has 0 saturated carbocycles. The number of fused-ring (bicyclic) bond motifs is 1. The first-order valence-corrected chi connectivity index (χ1v) is 7.21. The van der Waals surface area contributed by atoms with E-state index in [1.54, 1.807) is 0 Å². The summed E-state index contributed by atoms with van der Waals surface area (Å²) in [4.78, 5) is 24.3. The molecule has 1 aromatic carbocycles. The molecule has 2 rings (SSSR count). The highest BCUT2D eigenvalue weighted by Gasteiger charge is 2.31. The van der Waals surface area contributed by atoms with Crippen LogP contribution in [0.15, 0.2) is 24.3 Å². The van der Waals surface area contributed by atoms with Crippen LogP contribution in [0.4, 0.5) is 0 Å². The molecule has 1 aliphatic rings. The van der Waals surface area contributed by atoms with Crippen molar-refractivity contribution in [2.75, 3.05) is 13.7 Å². The van der Waals surface area contributed by atoms with E-state index in [0.29, 0.717) is 6.54 Å². The molecule has 0 aromatic heterocycles. The highest BCUT2D eigenvalue weighted by atomic mass is 16.5. The number of carbonyl (C=O) groups is 2. The summed E-state index contributed by atoms with van der Waals surface area (Å²) < 4.78 is 4.76. The highest BCUT2D eigenvalue weighted by molar-refractivity contribution is 5.89. The van der Waals surface area contributed by atoms with Crippen LogP contribution in [-0.4, -0.2) is 31.6 Å². The fourth-order valence-corrected chi connectivity index (χ4v) is 2.61. The van der Waals surface area contributed by atoms with Gasteiger partial charge in [-0.05, 0) is 17.0 Å². The Balaban J connectivity index is 2.16. The Bertz CT molecular complexity index is 528. The van der Waals surface area contributed by atoms with Crippen LogP contribution in [0.3, 0.4) is 0 Å². The van der Waals surface area contributed by atoms with Crippen LogP contribution in [0, 0.1) is 5.92 Å². The van der Waals surface area contributed by atoms with Gasteiger partial charge in [0.1, 0.15) is 6.04 Å². The van der Waals surface area contributed by atoms with Crippen LogP contribution < -0.4 is 10.6 Å². The van der Waals surface area contributed by atoms with Gasteiger partial charge in [0.25, 0.3) is 0 Å². The number of ether oxygens (including phenoxy) is 1. The molecular weight excluding hydrogens is 268 g/mol. The Kier molecular flexibility index (Phi) is 4.96. The maximum Gasteiger partial charge on any atom is 0.328 e. The summed E-state index contributed by atoms with van der Waals surface area (Å²) >= 11 is 0. The second-order valence-electron chi connectivity index (χ2n) is 5.64. The quantitative estimate of drug-likeness (QED) is 0.817. The zero-order valence-electron chi connectivity index (χ0n) is 12.7. The lowest BCUT2D eigenvalue weighted by Crippen LogP contribution is -2.49. The number of hydrogen-bond acceptors (Lipinski definition) is 4. The molecule has 1 heterocycles. The highest BCUT2D eigenvalue weighted by Crippen LogP contribution is 2.24. The van der Waals surface area contributed by atoms with Gasteiger partial charge in [-0.25, -0.2) is 4.79 Å². The van der Waals surface area contributed by atoms with Crippen molar-refractivity contribution in [2.24, 2.45) is 5.92 Å². The summed E-state index contributed by atoms with van der Waals surface area (Å²) in [6.45, 7) is 5.11. The van der Waals surface area contributed by atoms with Gasteiger partial charge in [-0.15, -0.1) is 0 Å². The lowest BCUT2D eigenvalue weighted by molar-refractivity contribution is -0.146. The molecule has 1 unspecified atom stereocenters. The van der Waals surface area contributed by atoms with E-state index in [0.717, 1.165) is 17.7 Å². The molecule has 1 amide bonds. The maximum atomic E-state index is 12.5. The predicted octanol–water partition coefficient (Wildman–Crippen LogP) is 1.19. The van der Waals surface area contributed by atoms with Crippen molar-refractivity contribution in [3.63, 3.8) is 0 Å². The molecule has 0 fully saturated rings. The molecule has 1 aliphatic heterocycles. The molecule has 0 spiro atoms. The SMILES string of the molecule is COC(=O)[C@@H](NC(=O)C1CNCc2ccccc21)C(C)C. The maximum absolute atomic E-state index is 12.5. The summed E-state index contributed by atoms with van der Waals surface area (Å²) in [5, 5.41) is 6.06. The molecule has 0 radical (unpaired) electrons. The number of esters is 1. The Morgan fingerprint density at radius 1 is 1.33 bits per heavy atom. The second kappa shape index (κ2) is 6.72. The van der Waals surface area contributed by atoms with Crippen LogP contribution >= 0.6 is 0 Å². The van der Waals surface area contributed by atoms with Crippen LogP contribution in [0.1, 0.15) is 30.9 Å². The van der Waals surface area contributed by atoms with E-state index in [2.05, 4.69) is 10.6 Å². The smallest absolute Gasteiger partial charge is 0.328 e. The number of amides is 1. The Morgan fingerprint density at radius 2 is 2.05 bits per heavy atom. The predicted molar refractivity (Wildman–Crippen MR) is 79.7 cm³/mol. The van der Waals surface area contributed by atoms with Gasteiger partial charge in [0.2, 0.25) is 5.91 Å². The molecule has 21 heavy (non-hydrogen) atoms. The third-order valence-corrected chi connectivity index (χ3v) is 3.83. The molecule has 2 N–H and O–H groups in total. The molecule has 1 aromatic rings. The van der Waals surface area contributed by atoms with Crippen molar-refractivity contribution in [2.45, 2.75) is 32.4 Å². The lowest BCUT2D eigenvalue weighted by Gasteiger charge is -2.28. The third-order valence-electron chi connectivity index (χ3n) is 3.83. The van der Waals surface area contributed by atoms with Crippen molar-refractivity contribution in [1.82, 2.24) is 10.6 Å². The number of hydrogen-bond donors (Lipinski definition) is 2. The van der Waals surface area contributed by atoms with Gasteiger partial charge in [0.05, 0.1) is 13.0 Å². The monoisotopic (exact) mass is 290 g/mol. The summed E-state index contributed by atoms with van der Waals surface area (Å²) in [7, 11) is 1.33. The topological polar surface area (TPSA) is 67.4 Å². The van der Waals surface area contributed by atoms with Crippen LogP contribution in [0.5, 0.6) is 0 Å². The normalized spacial score (nSPS) is 18.8. The number of benzene rings is 1. The van der Waals surface area contributed by atoms with Crippen LogP contribution in [-0.2, 0) is 20.9 Å². The molecule has 0 aliphatic carbocycles. The van der Waals surface area contributed by atoms with E-state index in [1.165, 1.54) is 7.11 Å². The van der Waals surface area contributed by atoms with Gasteiger partial charge in [0, 0.05) is 13.1 Å². The van der Waals surface area contributed by atoms with E-state index in [9.17, 15) is 9.59 Å². The molecular formula is C16H22N2O3. The third kappa shape index (κ3) is 3.42. The van der Waals surface area contributed by atoms with Gasteiger partial charge >= 0.3 is 5.97 Å². The zero-order chi connectivity index (χ0) is 15.4. The lowest BCUT2D eigenvalue weighted by atomic mass is 9.89. The molecule has 114 valence electrons. The Labute approximate surface area is 125 Å². The van der Waals surface area contributed by atoms with E-state index >= 15 is 0 Å². The molecule has 0 saturated heterocycles. The first-order valence-electron chi connectivity index (χ1n) is 7.21. The van der Waals surface area contributed by atoms with Crippen LogP contribution in [0.2, 0.25) is 0 Å². The summed E-state index contributed by atoms with van der Waals surface area (Å²) in [5.41, 5.74) is 2.16. The Morgan fingerprint density at radius 3 is 2.71 bits per heavy atom. The first kappa shape index (κ1) is 15.5. The second-order valence-corrected chi connectivity index (χ2v) is 5.64. The minimum Gasteiger partial charge on any atom is -0.467 e. The van der Waals surface area contributed by atoms with E-state index < -0.39 is 12.0 Å². The van der Waals surface area contributed by atoms with E-state index in [1.807, 2.05) is 38.1 Å². The minimum absolute atomic E-state index is 0.0202. The zero-order valence-corrected chi connectivity index (χ0v) is 12.7. The van der Waals surface area contributed by atoms with Crippen LogP contribution in [0.25, 0.3) is 0 Å². The van der Waals surface area contributed by atoms with E-state index in [4.69, 9.17) is 4.74 Å². The van der Waals surface area contributed by atoms with E-state index in [-0.39, 0.29) is 17.7 Å². The average molecular weight is 290 g/mol. The number of methoxy groups -OCH3 is 1. The van der Waals surface area contributed by atoms with Gasteiger partial charge in [-0.3, -0.25) is 4.79 Å². The van der Waals surface area contributed by atoms with Gasteiger partial charge in [-0.1, -0.05) is 38.1 Å². The first-order chi connectivity index (χ1) is 10.0. The fourth-order valence-electron chi connectivity index (χ4n) is 2.61. The summed E-state index contributed by atoms with van der Waals surface area (Å²) in [6, 6.07) is 7.28. The minimum atomic E-state index is -0.614. The van der Waals surface area contributed by atoms with Gasteiger partial charge < -0.3 is 15.4 Å². The number of carbonyl (C=O) groups excluding carboxylic acids is 2. The standard InChI is InChI=1S/C16H22N2O3/c1-10(2)14(16(20)21-3)18-15(19)13-9-17-8-11-6-4-5-7-12(11)13/h4-7,10,13-14,17H,8-9H2,1-3H3,(H,18,19)/t13?,14-/m0/s1. The summed E-state index contributed by atoms with van der Waals surface area (Å²) in [6.07, 6.45) is 0. The molecule has 2 atom stereocenters. The Hall–Kier alpha value is -1.88. The number of nitrogens with one attached hydrogen (secondary N) is 2. The largest absolute Gasteiger partial charge is 0.467 e. The molecule has 5 nitrogen and oxygen atoms in total.